The maximum absolute atomic E-state index is 13.4. The van der Waals surface area contributed by atoms with Gasteiger partial charge < -0.3 is 0 Å². The Morgan fingerprint density at radius 3 is 2.46 bits per heavy atom. The SMILES string of the molecule is Cc1cc2c(cnn2-c2ccc(F)cc2)cc1C12CN(S(=O)(=O)N(C)C)CC1C2c1ccccc1. The van der Waals surface area contributed by atoms with Crippen LogP contribution in [0.5, 0.6) is 0 Å². The number of aryl methyl sites for hydroxylation is 1. The number of nitrogens with zero attached hydrogens (tertiary/aromatic N) is 4. The van der Waals surface area contributed by atoms with Gasteiger partial charge in [-0.3, -0.25) is 0 Å². The van der Waals surface area contributed by atoms with Crippen molar-refractivity contribution in [3.05, 3.63) is 95.4 Å². The molecule has 1 aromatic heterocycles. The van der Waals surface area contributed by atoms with Crippen molar-refractivity contribution in [3.8, 4) is 5.69 Å². The third-order valence-electron chi connectivity index (χ3n) is 7.78. The van der Waals surface area contributed by atoms with Crippen LogP contribution in [0.3, 0.4) is 0 Å². The average Bonchev–Trinajstić information content (AvgIpc) is 3.10. The third-order valence-corrected chi connectivity index (χ3v) is 9.64. The number of hydrogen-bond donors (Lipinski definition) is 0. The average molecular weight is 491 g/mol. The maximum atomic E-state index is 13.4. The Balaban J connectivity index is 1.46. The van der Waals surface area contributed by atoms with Crippen LogP contribution in [0.2, 0.25) is 0 Å². The molecule has 180 valence electrons. The largest absolute Gasteiger partial charge is 0.281 e. The molecule has 1 aliphatic carbocycles. The summed E-state index contributed by atoms with van der Waals surface area (Å²) < 4.78 is 44.2. The zero-order chi connectivity index (χ0) is 24.5. The number of piperidine rings is 1. The molecule has 6 rings (SSSR count). The first-order chi connectivity index (χ1) is 16.7. The lowest BCUT2D eigenvalue weighted by atomic mass is 9.87. The van der Waals surface area contributed by atoms with Gasteiger partial charge >= 0.3 is 0 Å². The van der Waals surface area contributed by atoms with Crippen LogP contribution in [-0.2, 0) is 15.6 Å². The molecular formula is C27H27FN4O2S. The number of benzene rings is 3. The molecule has 4 aromatic rings. The zero-order valence-electron chi connectivity index (χ0n) is 19.9. The van der Waals surface area contributed by atoms with E-state index in [1.54, 1.807) is 30.5 Å². The lowest BCUT2D eigenvalue weighted by Crippen LogP contribution is -2.41. The van der Waals surface area contributed by atoms with E-state index in [-0.39, 0.29) is 23.1 Å². The van der Waals surface area contributed by atoms with Gasteiger partial charge in [-0.25, -0.2) is 9.07 Å². The molecule has 0 bridgehead atoms. The van der Waals surface area contributed by atoms with Crippen molar-refractivity contribution in [1.29, 1.82) is 0 Å². The van der Waals surface area contributed by atoms with Crippen molar-refractivity contribution in [3.63, 3.8) is 0 Å². The van der Waals surface area contributed by atoms with Crippen molar-refractivity contribution in [2.75, 3.05) is 27.2 Å². The van der Waals surface area contributed by atoms with E-state index >= 15 is 0 Å². The molecule has 3 unspecified atom stereocenters. The fourth-order valence-electron chi connectivity index (χ4n) is 6.10. The summed E-state index contributed by atoms with van der Waals surface area (Å²) in [5.74, 6) is 0.191. The fourth-order valence-corrected chi connectivity index (χ4v) is 7.28. The zero-order valence-corrected chi connectivity index (χ0v) is 20.7. The highest BCUT2D eigenvalue weighted by atomic mass is 32.2. The van der Waals surface area contributed by atoms with Crippen LogP contribution in [0, 0.1) is 18.7 Å². The van der Waals surface area contributed by atoms with Crippen LogP contribution in [0.4, 0.5) is 4.39 Å². The van der Waals surface area contributed by atoms with Gasteiger partial charge in [0.05, 0.1) is 17.4 Å². The Bertz CT molecular complexity index is 1530. The summed E-state index contributed by atoms with van der Waals surface area (Å²) in [5, 5.41) is 5.56. The van der Waals surface area contributed by atoms with Crippen LogP contribution < -0.4 is 0 Å². The Kier molecular flexibility index (Phi) is 4.94. The number of halogens is 1. The molecule has 0 amide bonds. The highest BCUT2D eigenvalue weighted by molar-refractivity contribution is 7.86. The van der Waals surface area contributed by atoms with Gasteiger partial charge in [0, 0.05) is 43.9 Å². The monoisotopic (exact) mass is 490 g/mol. The predicted molar refractivity (Wildman–Crippen MR) is 134 cm³/mol. The van der Waals surface area contributed by atoms with Crippen LogP contribution >= 0.6 is 0 Å². The number of fused-ring (bicyclic) bond motifs is 2. The normalized spacial score (nSPS) is 24.3. The van der Waals surface area contributed by atoms with Crippen molar-refractivity contribution < 1.29 is 12.8 Å². The predicted octanol–water partition coefficient (Wildman–Crippen LogP) is 4.25. The van der Waals surface area contributed by atoms with Gasteiger partial charge in [0.2, 0.25) is 0 Å². The van der Waals surface area contributed by atoms with Gasteiger partial charge in [0.15, 0.2) is 0 Å². The number of aromatic nitrogens is 2. The topological polar surface area (TPSA) is 58.4 Å². The molecule has 1 saturated heterocycles. The van der Waals surface area contributed by atoms with E-state index in [0.717, 1.165) is 22.2 Å². The quantitative estimate of drug-likeness (QED) is 0.420. The number of hydrogen-bond acceptors (Lipinski definition) is 3. The molecule has 0 spiro atoms. The Morgan fingerprint density at radius 2 is 1.77 bits per heavy atom. The highest BCUT2D eigenvalue weighted by Crippen LogP contribution is 2.70. The first kappa shape index (κ1) is 22.4. The first-order valence-electron chi connectivity index (χ1n) is 11.7. The lowest BCUT2D eigenvalue weighted by Gasteiger charge is -2.27. The molecule has 2 heterocycles. The van der Waals surface area contributed by atoms with Crippen molar-refractivity contribution in [2.24, 2.45) is 5.92 Å². The van der Waals surface area contributed by atoms with E-state index in [4.69, 9.17) is 0 Å². The van der Waals surface area contributed by atoms with Crippen LogP contribution in [0.1, 0.15) is 22.6 Å². The van der Waals surface area contributed by atoms with Gasteiger partial charge in [0.25, 0.3) is 10.2 Å². The highest BCUT2D eigenvalue weighted by Gasteiger charge is 2.71. The van der Waals surface area contributed by atoms with Crippen LogP contribution in [-0.4, -0.2) is 54.0 Å². The first-order valence-corrected chi connectivity index (χ1v) is 13.1. The summed E-state index contributed by atoms with van der Waals surface area (Å²) in [4.78, 5) is 0. The van der Waals surface area contributed by atoms with Crippen molar-refractivity contribution in [2.45, 2.75) is 18.3 Å². The van der Waals surface area contributed by atoms with E-state index in [2.05, 4.69) is 36.3 Å². The van der Waals surface area contributed by atoms with Gasteiger partial charge in [-0.2, -0.15) is 22.1 Å². The van der Waals surface area contributed by atoms with E-state index in [1.165, 1.54) is 27.6 Å². The van der Waals surface area contributed by atoms with Gasteiger partial charge in [-0.15, -0.1) is 0 Å². The minimum Gasteiger partial charge on any atom is -0.233 e. The van der Waals surface area contributed by atoms with Gasteiger partial charge in [-0.05, 0) is 65.9 Å². The summed E-state index contributed by atoms with van der Waals surface area (Å²) in [6, 6.07) is 21.0. The second kappa shape index (κ2) is 7.71. The summed E-state index contributed by atoms with van der Waals surface area (Å²) in [6.07, 6.45) is 1.83. The van der Waals surface area contributed by atoms with Crippen LogP contribution in [0.25, 0.3) is 16.6 Å². The molecule has 0 radical (unpaired) electrons. The second-order valence-corrected chi connectivity index (χ2v) is 12.0. The molecular weight excluding hydrogens is 463 g/mol. The molecule has 1 saturated carbocycles. The van der Waals surface area contributed by atoms with Crippen LogP contribution in [0.15, 0.2) is 72.9 Å². The molecule has 6 nitrogen and oxygen atoms in total. The molecule has 2 fully saturated rings. The standard InChI is InChI=1S/C27H27FN4O2S/c1-18-13-25-20(15-29-32(25)22-11-9-21(28)10-12-22)14-23(18)27-17-31(35(33,34)30(2)3)16-24(27)26(27)19-7-5-4-6-8-19/h4-15,24,26H,16-17H2,1-3H3. The van der Waals surface area contributed by atoms with Gasteiger partial charge in [-0.1, -0.05) is 30.3 Å². The Morgan fingerprint density at radius 1 is 1.06 bits per heavy atom. The van der Waals surface area contributed by atoms with E-state index in [1.807, 2.05) is 29.1 Å². The van der Waals surface area contributed by atoms with Gasteiger partial charge in [0.1, 0.15) is 5.82 Å². The third kappa shape index (κ3) is 3.27. The smallest absolute Gasteiger partial charge is 0.233 e. The summed E-state index contributed by atoms with van der Waals surface area (Å²) in [5.41, 5.74) is 5.00. The molecule has 1 aliphatic heterocycles. The molecule has 2 aliphatic rings. The van der Waals surface area contributed by atoms with E-state index in [9.17, 15) is 12.8 Å². The molecule has 35 heavy (non-hydrogen) atoms. The maximum Gasteiger partial charge on any atom is 0.281 e. The summed E-state index contributed by atoms with van der Waals surface area (Å²) in [6.45, 7) is 3.05. The molecule has 3 aromatic carbocycles. The Hall–Kier alpha value is -3.07. The second-order valence-electron chi connectivity index (χ2n) is 9.88. The minimum absolute atomic E-state index is 0.211. The van der Waals surface area contributed by atoms with E-state index in [0.29, 0.717) is 13.1 Å². The van der Waals surface area contributed by atoms with Crippen molar-refractivity contribution >= 4 is 21.1 Å². The Labute approximate surface area is 204 Å². The summed E-state index contributed by atoms with van der Waals surface area (Å²) in [7, 11) is -0.332. The molecule has 0 N–H and O–H groups in total. The molecule has 3 atom stereocenters. The lowest BCUT2D eigenvalue weighted by molar-refractivity contribution is 0.384. The van der Waals surface area contributed by atoms with E-state index < -0.39 is 10.2 Å². The minimum atomic E-state index is -3.50. The number of rotatable bonds is 5. The summed E-state index contributed by atoms with van der Waals surface area (Å²) >= 11 is 0. The van der Waals surface area contributed by atoms with Crippen molar-refractivity contribution in [1.82, 2.24) is 18.4 Å². The molecule has 8 heteroatoms. The fraction of sp³-hybridized carbons (Fsp3) is 0.296.